The van der Waals surface area contributed by atoms with Crippen LogP contribution in [0.1, 0.15) is 29.8 Å². The summed E-state index contributed by atoms with van der Waals surface area (Å²) in [5.74, 6) is -0.408. The summed E-state index contributed by atoms with van der Waals surface area (Å²) in [7, 11) is 0.340. The zero-order chi connectivity index (χ0) is 21.9. The average Bonchev–Trinajstić information content (AvgIpc) is 3.16. The summed E-state index contributed by atoms with van der Waals surface area (Å²) in [6.07, 6.45) is 0.925. The molecule has 0 aliphatic heterocycles. The minimum Gasteiger partial charge on any atom is -0.308 e. The molecule has 1 heterocycles. The van der Waals surface area contributed by atoms with Gasteiger partial charge in [0.05, 0.1) is 26.4 Å². The molecular weight excluding hydrogens is 454 g/mol. The van der Waals surface area contributed by atoms with E-state index in [4.69, 9.17) is 0 Å². The van der Waals surface area contributed by atoms with E-state index in [-0.39, 0.29) is 34.5 Å². The first kappa shape index (κ1) is 25.3. The highest BCUT2D eigenvalue weighted by atomic mass is 35.5. The van der Waals surface area contributed by atoms with Gasteiger partial charge in [-0.1, -0.05) is 43.4 Å². The van der Waals surface area contributed by atoms with E-state index in [1.54, 1.807) is 30.0 Å². The van der Waals surface area contributed by atoms with E-state index in [9.17, 15) is 13.2 Å². The van der Waals surface area contributed by atoms with Crippen molar-refractivity contribution in [3.05, 3.63) is 53.6 Å². The first-order chi connectivity index (χ1) is 14.3. The van der Waals surface area contributed by atoms with E-state index in [1.807, 2.05) is 31.1 Å². The van der Waals surface area contributed by atoms with Crippen molar-refractivity contribution in [3.8, 4) is 0 Å². The molecule has 1 aromatic heterocycles. The highest BCUT2D eigenvalue weighted by Crippen LogP contribution is 2.31. The first-order valence-electron chi connectivity index (χ1n) is 9.94. The number of nitrogens with zero attached hydrogens (tertiary/aromatic N) is 3. The Hall–Kier alpha value is -2.00. The maximum atomic E-state index is 13.6. The molecule has 0 aliphatic carbocycles. The van der Waals surface area contributed by atoms with E-state index in [0.717, 1.165) is 16.6 Å². The summed E-state index contributed by atoms with van der Waals surface area (Å²) in [6.45, 7) is 4.72. The third-order valence-corrected chi connectivity index (χ3v) is 7.76. The third kappa shape index (κ3) is 5.63. The second-order valence-electron chi connectivity index (χ2n) is 7.31. The van der Waals surface area contributed by atoms with Crippen LogP contribution in [0.2, 0.25) is 0 Å². The Balaban J connectivity index is 0.00000341. The fraction of sp³-hybridized carbons (Fsp3) is 0.364. The van der Waals surface area contributed by atoms with Crippen molar-refractivity contribution in [2.45, 2.75) is 25.2 Å². The number of likely N-dealkylation sites (N-methyl/N-ethyl adjacent to an activating group) is 1. The van der Waals surface area contributed by atoms with Gasteiger partial charge in [-0.3, -0.25) is 9.69 Å². The maximum absolute atomic E-state index is 13.6. The van der Waals surface area contributed by atoms with E-state index in [1.165, 1.54) is 23.0 Å². The quantitative estimate of drug-likeness (QED) is 0.480. The van der Waals surface area contributed by atoms with E-state index in [0.29, 0.717) is 18.2 Å². The summed E-state index contributed by atoms with van der Waals surface area (Å²) in [6, 6.07) is 12.5. The molecule has 0 fully saturated rings. The van der Waals surface area contributed by atoms with Gasteiger partial charge < -0.3 is 4.90 Å². The van der Waals surface area contributed by atoms with Gasteiger partial charge in [0, 0.05) is 13.1 Å². The second-order valence-corrected chi connectivity index (χ2v) is 10.6. The number of carbonyl (C=O) groups is 1. The van der Waals surface area contributed by atoms with Crippen molar-refractivity contribution in [2.24, 2.45) is 0 Å². The highest BCUT2D eigenvalue weighted by Gasteiger charge is 2.27. The van der Waals surface area contributed by atoms with Crippen LogP contribution < -0.4 is 4.90 Å². The van der Waals surface area contributed by atoms with Gasteiger partial charge in [0.2, 0.25) is 0 Å². The Morgan fingerprint density at radius 2 is 1.77 bits per heavy atom. The van der Waals surface area contributed by atoms with Crippen LogP contribution in [0, 0.1) is 0 Å². The zero-order valence-corrected chi connectivity index (χ0v) is 20.6. The molecule has 6 nitrogen and oxygen atoms in total. The molecular formula is C22H28ClN3O3S2. The smallest absolute Gasteiger partial charge is 0.261 e. The molecule has 0 unspecified atom stereocenters. The Labute approximate surface area is 194 Å². The molecule has 3 aromatic rings. The number of benzene rings is 2. The highest BCUT2D eigenvalue weighted by molar-refractivity contribution is 7.91. The lowest BCUT2D eigenvalue weighted by Crippen LogP contribution is -2.37. The number of rotatable bonds is 8. The standard InChI is InChI=1S/C22H27N3O3S2.ClH/c1-5-16-11-12-18-19(15-16)29-22(23-18)25(14-13-24(3)4)21(26)17-9-7-8-10-20(17)30(27,28)6-2;/h7-12,15H,5-6,13-14H2,1-4H3;1H. The van der Waals surface area contributed by atoms with Crippen LogP contribution in [0.25, 0.3) is 10.2 Å². The maximum Gasteiger partial charge on any atom is 0.261 e. The van der Waals surface area contributed by atoms with E-state index in [2.05, 4.69) is 18.0 Å². The van der Waals surface area contributed by atoms with Gasteiger partial charge in [0.25, 0.3) is 5.91 Å². The van der Waals surface area contributed by atoms with Crippen LogP contribution in [0.5, 0.6) is 0 Å². The molecule has 0 radical (unpaired) electrons. The molecule has 0 saturated heterocycles. The molecule has 3 rings (SSSR count). The van der Waals surface area contributed by atoms with Crippen LogP contribution in [0.3, 0.4) is 0 Å². The van der Waals surface area contributed by atoms with Crippen molar-refractivity contribution in [1.82, 2.24) is 9.88 Å². The summed E-state index contributed by atoms with van der Waals surface area (Å²) in [5, 5.41) is 0.578. The zero-order valence-electron chi connectivity index (χ0n) is 18.2. The number of fused-ring (bicyclic) bond motifs is 1. The minimum atomic E-state index is -3.53. The second kappa shape index (κ2) is 10.5. The van der Waals surface area contributed by atoms with Gasteiger partial charge >= 0.3 is 0 Å². The number of aryl methyl sites for hydroxylation is 1. The number of halogens is 1. The third-order valence-electron chi connectivity index (χ3n) is 4.93. The Kier molecular flexibility index (Phi) is 8.59. The van der Waals surface area contributed by atoms with Gasteiger partial charge in [-0.15, -0.1) is 12.4 Å². The van der Waals surface area contributed by atoms with Crippen LogP contribution in [0.4, 0.5) is 5.13 Å². The minimum absolute atomic E-state index is 0. The predicted molar refractivity (Wildman–Crippen MR) is 131 cm³/mol. The van der Waals surface area contributed by atoms with Gasteiger partial charge in [-0.2, -0.15) is 0 Å². The monoisotopic (exact) mass is 481 g/mol. The Morgan fingerprint density at radius 3 is 2.42 bits per heavy atom. The lowest BCUT2D eigenvalue weighted by Gasteiger charge is -2.23. The molecule has 2 aromatic carbocycles. The predicted octanol–water partition coefficient (Wildman–Crippen LogP) is 4.28. The molecule has 0 atom stereocenters. The summed E-state index contributed by atoms with van der Waals surface area (Å²) < 4.78 is 26.2. The summed E-state index contributed by atoms with van der Waals surface area (Å²) in [4.78, 5) is 21.9. The molecule has 0 aliphatic rings. The van der Waals surface area contributed by atoms with Gasteiger partial charge in [-0.05, 0) is 50.3 Å². The molecule has 0 bridgehead atoms. The Bertz CT molecular complexity index is 1160. The molecule has 0 spiro atoms. The lowest BCUT2D eigenvalue weighted by molar-refractivity contribution is 0.0982. The average molecular weight is 482 g/mol. The van der Waals surface area contributed by atoms with Crippen molar-refractivity contribution in [2.75, 3.05) is 37.8 Å². The number of thiazole rings is 1. The number of aromatic nitrogens is 1. The largest absolute Gasteiger partial charge is 0.308 e. The SMILES string of the molecule is CCc1ccc2nc(N(CCN(C)C)C(=O)c3ccccc3S(=O)(=O)CC)sc2c1.Cl. The molecule has 0 saturated carbocycles. The van der Waals surface area contributed by atoms with Gasteiger partial charge in [-0.25, -0.2) is 13.4 Å². The number of hydrogen-bond donors (Lipinski definition) is 0. The van der Waals surface area contributed by atoms with Gasteiger partial charge in [0.1, 0.15) is 0 Å². The van der Waals surface area contributed by atoms with Crippen LogP contribution in [-0.4, -0.2) is 57.1 Å². The topological polar surface area (TPSA) is 70.6 Å². The number of hydrogen-bond acceptors (Lipinski definition) is 6. The van der Waals surface area contributed by atoms with Crippen LogP contribution in [0.15, 0.2) is 47.4 Å². The summed E-state index contributed by atoms with van der Waals surface area (Å²) >= 11 is 1.45. The number of sulfone groups is 1. The molecule has 0 N–H and O–H groups in total. The van der Waals surface area contributed by atoms with Crippen molar-refractivity contribution in [3.63, 3.8) is 0 Å². The van der Waals surface area contributed by atoms with Gasteiger partial charge in [0.15, 0.2) is 15.0 Å². The molecule has 9 heteroatoms. The lowest BCUT2D eigenvalue weighted by atomic mass is 10.2. The molecule has 31 heavy (non-hydrogen) atoms. The number of anilines is 1. The van der Waals surface area contributed by atoms with Crippen molar-refractivity contribution >= 4 is 54.8 Å². The van der Waals surface area contributed by atoms with E-state index >= 15 is 0 Å². The van der Waals surface area contributed by atoms with E-state index < -0.39 is 9.84 Å². The first-order valence-corrected chi connectivity index (χ1v) is 12.4. The molecule has 168 valence electrons. The fourth-order valence-corrected chi connectivity index (χ4v) is 5.23. The normalized spacial score (nSPS) is 11.5. The fourth-order valence-electron chi connectivity index (χ4n) is 3.09. The summed E-state index contributed by atoms with van der Waals surface area (Å²) in [5.41, 5.74) is 2.24. The Morgan fingerprint density at radius 1 is 1.06 bits per heavy atom. The van der Waals surface area contributed by atoms with Crippen molar-refractivity contribution < 1.29 is 13.2 Å². The number of carbonyl (C=O) groups excluding carboxylic acids is 1. The number of amides is 1. The van der Waals surface area contributed by atoms with Crippen LogP contribution in [-0.2, 0) is 16.3 Å². The van der Waals surface area contributed by atoms with Crippen molar-refractivity contribution in [1.29, 1.82) is 0 Å². The van der Waals surface area contributed by atoms with Crippen LogP contribution >= 0.6 is 23.7 Å². The molecule has 1 amide bonds.